The Bertz CT molecular complexity index is 364. The van der Waals surface area contributed by atoms with E-state index in [1.54, 1.807) is 0 Å². The van der Waals surface area contributed by atoms with Crippen LogP contribution in [0.3, 0.4) is 0 Å². The van der Waals surface area contributed by atoms with Crippen molar-refractivity contribution in [3.05, 3.63) is 0 Å². The number of aliphatic imine (C=N–C) groups is 1. The standard InChI is InChI=1S/C9H17N5O4/c1-5(15)6(2-3-7(10)16)14(18)8(17)4-13-9(11)12/h6,18H,2-4H2,1H3,(H2,10,16)(H4,11,12,13)/t6-/m0/s1. The molecule has 7 N–H and O–H groups in total. The van der Waals surface area contributed by atoms with Crippen LogP contribution in [0, 0.1) is 0 Å². The summed E-state index contributed by atoms with van der Waals surface area (Å²) < 4.78 is 0. The molecule has 0 aliphatic rings. The molecule has 1 atom stereocenters. The van der Waals surface area contributed by atoms with Crippen LogP contribution in [0.25, 0.3) is 0 Å². The first-order valence-corrected chi connectivity index (χ1v) is 5.10. The number of Topliss-reactive ketones (excluding diaryl/α,β-unsaturated/α-hetero) is 1. The predicted octanol–water partition coefficient (Wildman–Crippen LogP) is -2.30. The first-order chi connectivity index (χ1) is 8.25. The van der Waals surface area contributed by atoms with E-state index in [-0.39, 0.29) is 23.9 Å². The number of nitrogens with zero attached hydrogens (tertiary/aromatic N) is 2. The Labute approximate surface area is 104 Å². The molecule has 0 aliphatic heterocycles. The van der Waals surface area contributed by atoms with Crippen LogP contribution in [0.2, 0.25) is 0 Å². The third kappa shape index (κ3) is 5.80. The highest BCUT2D eigenvalue weighted by molar-refractivity contribution is 5.89. The molecule has 2 amide bonds. The van der Waals surface area contributed by atoms with Gasteiger partial charge < -0.3 is 17.2 Å². The number of ketones is 1. The molecular weight excluding hydrogens is 242 g/mol. The number of rotatable bonds is 7. The average molecular weight is 259 g/mol. The molecule has 0 saturated carbocycles. The summed E-state index contributed by atoms with van der Waals surface area (Å²) in [6.45, 7) is 0.696. The van der Waals surface area contributed by atoms with E-state index in [4.69, 9.17) is 17.2 Å². The molecule has 0 aromatic carbocycles. The molecule has 0 radical (unpaired) electrons. The molecule has 18 heavy (non-hydrogen) atoms. The molecular formula is C9H17N5O4. The van der Waals surface area contributed by atoms with Gasteiger partial charge in [0.2, 0.25) is 5.91 Å². The van der Waals surface area contributed by atoms with E-state index < -0.39 is 30.2 Å². The van der Waals surface area contributed by atoms with Crippen molar-refractivity contribution < 1.29 is 19.6 Å². The van der Waals surface area contributed by atoms with Gasteiger partial charge in [-0.05, 0) is 13.3 Å². The van der Waals surface area contributed by atoms with Crippen LogP contribution in [0.1, 0.15) is 19.8 Å². The zero-order valence-corrected chi connectivity index (χ0v) is 10.00. The molecule has 0 heterocycles. The van der Waals surface area contributed by atoms with Crippen LogP contribution in [-0.4, -0.2) is 46.4 Å². The second kappa shape index (κ2) is 7.22. The lowest BCUT2D eigenvalue weighted by Gasteiger charge is -2.22. The smallest absolute Gasteiger partial charge is 0.268 e. The molecule has 0 bridgehead atoms. The van der Waals surface area contributed by atoms with E-state index in [1.807, 2.05) is 0 Å². The lowest BCUT2D eigenvalue weighted by Crippen LogP contribution is -2.44. The number of carbonyl (C=O) groups is 3. The normalized spacial score (nSPS) is 11.4. The average Bonchev–Trinajstić information content (AvgIpc) is 2.24. The van der Waals surface area contributed by atoms with Gasteiger partial charge in [-0.3, -0.25) is 19.6 Å². The fourth-order valence-electron chi connectivity index (χ4n) is 1.18. The molecule has 0 unspecified atom stereocenters. The molecule has 102 valence electrons. The lowest BCUT2D eigenvalue weighted by molar-refractivity contribution is -0.178. The van der Waals surface area contributed by atoms with Crippen molar-refractivity contribution in [1.29, 1.82) is 0 Å². The highest BCUT2D eigenvalue weighted by atomic mass is 16.5. The summed E-state index contributed by atoms with van der Waals surface area (Å²) in [5.74, 6) is -2.27. The summed E-state index contributed by atoms with van der Waals surface area (Å²) >= 11 is 0. The zero-order chi connectivity index (χ0) is 14.3. The van der Waals surface area contributed by atoms with E-state index in [0.717, 1.165) is 0 Å². The summed E-state index contributed by atoms with van der Waals surface area (Å²) in [5.41, 5.74) is 15.0. The Morgan fingerprint density at radius 1 is 1.28 bits per heavy atom. The van der Waals surface area contributed by atoms with Crippen molar-refractivity contribution in [1.82, 2.24) is 5.06 Å². The Morgan fingerprint density at radius 2 is 1.83 bits per heavy atom. The molecule has 0 saturated heterocycles. The van der Waals surface area contributed by atoms with E-state index in [1.165, 1.54) is 6.92 Å². The second-order valence-corrected chi connectivity index (χ2v) is 3.61. The van der Waals surface area contributed by atoms with Crippen LogP contribution in [0.5, 0.6) is 0 Å². The number of hydrogen-bond donors (Lipinski definition) is 4. The van der Waals surface area contributed by atoms with Gasteiger partial charge in [0.15, 0.2) is 11.7 Å². The van der Waals surface area contributed by atoms with E-state index >= 15 is 0 Å². The Balaban J connectivity index is 4.60. The van der Waals surface area contributed by atoms with Gasteiger partial charge in [0, 0.05) is 6.42 Å². The van der Waals surface area contributed by atoms with Crippen LogP contribution >= 0.6 is 0 Å². The Morgan fingerprint density at radius 3 is 2.22 bits per heavy atom. The summed E-state index contributed by atoms with van der Waals surface area (Å²) in [4.78, 5) is 36.7. The highest BCUT2D eigenvalue weighted by Crippen LogP contribution is 2.07. The van der Waals surface area contributed by atoms with Gasteiger partial charge in [0.25, 0.3) is 5.91 Å². The van der Waals surface area contributed by atoms with Crippen molar-refractivity contribution >= 4 is 23.6 Å². The largest absolute Gasteiger partial charge is 0.370 e. The van der Waals surface area contributed by atoms with Gasteiger partial charge in [-0.25, -0.2) is 10.1 Å². The van der Waals surface area contributed by atoms with Gasteiger partial charge in [-0.15, -0.1) is 0 Å². The number of amides is 2. The summed E-state index contributed by atoms with van der Waals surface area (Å²) in [6, 6.07) is -1.14. The molecule has 0 aromatic rings. The third-order valence-electron chi connectivity index (χ3n) is 2.08. The molecule has 9 heteroatoms. The van der Waals surface area contributed by atoms with Crippen LogP contribution in [0.4, 0.5) is 0 Å². The van der Waals surface area contributed by atoms with Crippen LogP contribution in [0.15, 0.2) is 4.99 Å². The Kier molecular flexibility index (Phi) is 6.35. The second-order valence-electron chi connectivity index (χ2n) is 3.61. The van der Waals surface area contributed by atoms with Gasteiger partial charge in [-0.2, -0.15) is 0 Å². The highest BCUT2D eigenvalue weighted by Gasteiger charge is 2.26. The van der Waals surface area contributed by atoms with Gasteiger partial charge in [0.05, 0.1) is 0 Å². The Hall–Kier alpha value is -2.16. The predicted molar refractivity (Wildman–Crippen MR) is 62.2 cm³/mol. The van der Waals surface area contributed by atoms with Crippen molar-refractivity contribution in [3.8, 4) is 0 Å². The maximum atomic E-state index is 11.4. The van der Waals surface area contributed by atoms with Crippen LogP contribution < -0.4 is 17.2 Å². The fraction of sp³-hybridized carbons (Fsp3) is 0.556. The van der Waals surface area contributed by atoms with Gasteiger partial charge >= 0.3 is 0 Å². The number of hydrogen-bond acceptors (Lipinski definition) is 5. The quantitative estimate of drug-likeness (QED) is 0.174. The van der Waals surface area contributed by atoms with E-state index in [9.17, 15) is 19.6 Å². The van der Waals surface area contributed by atoms with Crippen molar-refractivity contribution in [2.45, 2.75) is 25.8 Å². The molecule has 0 rings (SSSR count). The monoisotopic (exact) mass is 259 g/mol. The minimum Gasteiger partial charge on any atom is -0.370 e. The topological polar surface area (TPSA) is 165 Å². The van der Waals surface area contributed by atoms with E-state index in [0.29, 0.717) is 0 Å². The molecule has 0 spiro atoms. The molecule has 9 nitrogen and oxygen atoms in total. The summed E-state index contributed by atoms with van der Waals surface area (Å²) in [7, 11) is 0. The number of nitrogens with two attached hydrogens (primary N) is 3. The maximum absolute atomic E-state index is 11.4. The first-order valence-electron chi connectivity index (χ1n) is 5.10. The lowest BCUT2D eigenvalue weighted by atomic mass is 10.1. The fourth-order valence-corrected chi connectivity index (χ4v) is 1.18. The molecule has 0 aliphatic carbocycles. The summed E-state index contributed by atoms with van der Waals surface area (Å²) in [5, 5.41) is 9.75. The minimum absolute atomic E-state index is 0.0608. The first kappa shape index (κ1) is 15.8. The maximum Gasteiger partial charge on any atom is 0.268 e. The number of hydroxylamine groups is 2. The van der Waals surface area contributed by atoms with Crippen molar-refractivity contribution in [2.24, 2.45) is 22.2 Å². The SMILES string of the molecule is CC(=O)[C@H](CCC(N)=O)N(O)C(=O)CN=C(N)N. The summed E-state index contributed by atoms with van der Waals surface area (Å²) in [6.07, 6.45) is -0.189. The van der Waals surface area contributed by atoms with Crippen LogP contribution in [-0.2, 0) is 14.4 Å². The number of carbonyl (C=O) groups excluding carboxylic acids is 3. The van der Waals surface area contributed by atoms with E-state index in [2.05, 4.69) is 4.99 Å². The van der Waals surface area contributed by atoms with Gasteiger partial charge in [-0.1, -0.05) is 0 Å². The third-order valence-corrected chi connectivity index (χ3v) is 2.08. The number of primary amides is 1. The van der Waals surface area contributed by atoms with Crippen molar-refractivity contribution in [3.63, 3.8) is 0 Å². The minimum atomic E-state index is -1.14. The number of guanidine groups is 1. The van der Waals surface area contributed by atoms with Gasteiger partial charge in [0.1, 0.15) is 12.6 Å². The van der Waals surface area contributed by atoms with Crippen molar-refractivity contribution in [2.75, 3.05) is 6.54 Å². The zero-order valence-electron chi connectivity index (χ0n) is 10.00. The molecule has 0 aromatic heterocycles. The molecule has 0 fully saturated rings.